The lowest BCUT2D eigenvalue weighted by Gasteiger charge is -2.09. The smallest absolute Gasteiger partial charge is 0.308 e. The van der Waals surface area contributed by atoms with E-state index >= 15 is 0 Å². The molecule has 0 radical (unpaired) electrons. The fourth-order valence-corrected chi connectivity index (χ4v) is 2.43. The minimum atomic E-state index is -0.0815. The molecule has 0 fully saturated rings. The van der Waals surface area contributed by atoms with Crippen LogP contribution in [-0.2, 0) is 9.53 Å². The van der Waals surface area contributed by atoms with Crippen LogP contribution in [0.5, 0.6) is 0 Å². The van der Waals surface area contributed by atoms with Crippen LogP contribution in [0.4, 0.5) is 0 Å². The van der Waals surface area contributed by atoms with Crippen LogP contribution < -0.4 is 0 Å². The van der Waals surface area contributed by atoms with Crippen molar-refractivity contribution in [3.63, 3.8) is 0 Å². The fraction of sp³-hybridized carbons (Fsp3) is 0.842. The monoisotopic (exact) mass is 296 g/mol. The zero-order valence-corrected chi connectivity index (χ0v) is 14.4. The second-order valence-corrected chi connectivity index (χ2v) is 6.13. The Morgan fingerprint density at radius 2 is 1.43 bits per heavy atom. The standard InChI is InChI=1S/C19H36O2/c1-4-6-7-8-9-10-11-12-13-14-15-17-21-19(20)18(3)16-5-2/h5,18H,2,4,6-17H2,1,3H3. The molecule has 2 nitrogen and oxygen atoms in total. The number of carbonyl (C=O) groups is 1. The van der Waals surface area contributed by atoms with Crippen LogP contribution in [0.25, 0.3) is 0 Å². The van der Waals surface area contributed by atoms with Gasteiger partial charge < -0.3 is 4.74 Å². The van der Waals surface area contributed by atoms with E-state index in [9.17, 15) is 4.79 Å². The first kappa shape index (κ1) is 20.2. The summed E-state index contributed by atoms with van der Waals surface area (Å²) >= 11 is 0. The molecule has 0 aromatic rings. The molecule has 0 rings (SSSR count). The van der Waals surface area contributed by atoms with E-state index in [1.165, 1.54) is 64.2 Å². The number of esters is 1. The Hall–Kier alpha value is -0.790. The van der Waals surface area contributed by atoms with Crippen molar-refractivity contribution in [3.8, 4) is 0 Å². The molecule has 0 saturated heterocycles. The summed E-state index contributed by atoms with van der Waals surface area (Å²) in [5, 5.41) is 0. The van der Waals surface area contributed by atoms with Crippen LogP contribution in [-0.4, -0.2) is 12.6 Å². The van der Waals surface area contributed by atoms with E-state index < -0.39 is 0 Å². The summed E-state index contributed by atoms with van der Waals surface area (Å²) in [7, 11) is 0. The van der Waals surface area contributed by atoms with Crippen molar-refractivity contribution in [2.45, 2.75) is 90.9 Å². The van der Waals surface area contributed by atoms with Gasteiger partial charge in [-0.25, -0.2) is 0 Å². The van der Waals surface area contributed by atoms with Crippen molar-refractivity contribution >= 4 is 5.97 Å². The number of carbonyl (C=O) groups excluding carboxylic acids is 1. The van der Waals surface area contributed by atoms with Crippen molar-refractivity contribution in [1.82, 2.24) is 0 Å². The molecule has 0 heterocycles. The van der Waals surface area contributed by atoms with Gasteiger partial charge in [-0.1, -0.05) is 84.1 Å². The molecule has 0 aliphatic carbocycles. The first-order valence-electron chi connectivity index (χ1n) is 8.99. The maximum absolute atomic E-state index is 11.5. The summed E-state index contributed by atoms with van der Waals surface area (Å²) in [5.41, 5.74) is 0. The molecule has 0 saturated carbocycles. The van der Waals surface area contributed by atoms with E-state index in [4.69, 9.17) is 4.74 Å². The van der Waals surface area contributed by atoms with Crippen molar-refractivity contribution in [3.05, 3.63) is 12.7 Å². The van der Waals surface area contributed by atoms with Crippen molar-refractivity contribution in [2.24, 2.45) is 5.92 Å². The third-order valence-corrected chi connectivity index (χ3v) is 3.91. The molecule has 0 spiro atoms. The van der Waals surface area contributed by atoms with Gasteiger partial charge in [-0.05, 0) is 12.8 Å². The number of allylic oxidation sites excluding steroid dienone is 1. The molecule has 0 aliphatic heterocycles. The Balaban J connectivity index is 3.18. The number of hydrogen-bond acceptors (Lipinski definition) is 2. The summed E-state index contributed by atoms with van der Waals surface area (Å²) in [6.45, 7) is 8.38. The molecule has 0 aliphatic rings. The molecule has 2 heteroatoms. The van der Waals surface area contributed by atoms with Crippen LogP contribution in [0.15, 0.2) is 12.7 Å². The van der Waals surface area contributed by atoms with Gasteiger partial charge in [0.1, 0.15) is 0 Å². The molecule has 0 amide bonds. The maximum atomic E-state index is 11.5. The van der Waals surface area contributed by atoms with Crippen LogP contribution >= 0.6 is 0 Å². The predicted molar refractivity (Wildman–Crippen MR) is 91.4 cm³/mol. The van der Waals surface area contributed by atoms with Crippen molar-refractivity contribution in [2.75, 3.05) is 6.61 Å². The van der Waals surface area contributed by atoms with Gasteiger partial charge in [0, 0.05) is 0 Å². The Morgan fingerprint density at radius 3 is 1.90 bits per heavy atom. The lowest BCUT2D eigenvalue weighted by molar-refractivity contribution is -0.147. The molecule has 0 aromatic heterocycles. The molecule has 1 unspecified atom stereocenters. The van der Waals surface area contributed by atoms with Gasteiger partial charge in [0.15, 0.2) is 0 Å². The third kappa shape index (κ3) is 13.9. The van der Waals surface area contributed by atoms with Gasteiger partial charge in [-0.2, -0.15) is 0 Å². The number of ether oxygens (including phenoxy) is 1. The van der Waals surface area contributed by atoms with E-state index in [-0.39, 0.29) is 11.9 Å². The van der Waals surface area contributed by atoms with Crippen LogP contribution in [0.3, 0.4) is 0 Å². The van der Waals surface area contributed by atoms with Crippen LogP contribution in [0.2, 0.25) is 0 Å². The largest absolute Gasteiger partial charge is 0.465 e. The Labute approximate surface area is 132 Å². The first-order valence-corrected chi connectivity index (χ1v) is 8.99. The highest BCUT2D eigenvalue weighted by Crippen LogP contribution is 2.11. The zero-order chi connectivity index (χ0) is 15.8. The van der Waals surface area contributed by atoms with Gasteiger partial charge >= 0.3 is 5.97 Å². The van der Waals surface area contributed by atoms with E-state index in [0.29, 0.717) is 13.0 Å². The second kappa shape index (κ2) is 15.6. The fourth-order valence-electron chi connectivity index (χ4n) is 2.43. The topological polar surface area (TPSA) is 26.3 Å². The SMILES string of the molecule is C=CCC(C)C(=O)OCCCCCCCCCCCCC. The molecule has 1 atom stereocenters. The molecule has 0 N–H and O–H groups in total. The van der Waals surface area contributed by atoms with Crippen LogP contribution in [0, 0.1) is 5.92 Å². The number of hydrogen-bond donors (Lipinski definition) is 0. The molecule has 21 heavy (non-hydrogen) atoms. The lowest BCUT2D eigenvalue weighted by atomic mass is 10.1. The zero-order valence-electron chi connectivity index (χ0n) is 14.4. The molecule has 0 bridgehead atoms. The number of rotatable bonds is 15. The normalized spacial score (nSPS) is 12.1. The van der Waals surface area contributed by atoms with Gasteiger partial charge in [-0.3, -0.25) is 4.79 Å². The predicted octanol–water partition coefficient (Wildman–Crippen LogP) is 6.05. The summed E-state index contributed by atoms with van der Waals surface area (Å²) in [6, 6.07) is 0. The minimum Gasteiger partial charge on any atom is -0.465 e. The van der Waals surface area contributed by atoms with Gasteiger partial charge in [0.05, 0.1) is 12.5 Å². The maximum Gasteiger partial charge on any atom is 0.308 e. The summed E-state index contributed by atoms with van der Waals surface area (Å²) in [4.78, 5) is 11.5. The number of unbranched alkanes of at least 4 members (excludes halogenated alkanes) is 10. The van der Waals surface area contributed by atoms with Crippen LogP contribution in [0.1, 0.15) is 90.9 Å². The highest BCUT2D eigenvalue weighted by atomic mass is 16.5. The van der Waals surface area contributed by atoms with E-state index in [2.05, 4.69) is 13.5 Å². The summed E-state index contributed by atoms with van der Waals surface area (Å²) in [6.07, 6.45) is 17.0. The van der Waals surface area contributed by atoms with Gasteiger partial charge in [-0.15, -0.1) is 6.58 Å². The van der Waals surface area contributed by atoms with E-state index in [1.807, 2.05) is 6.92 Å². The summed E-state index contributed by atoms with van der Waals surface area (Å²) < 4.78 is 5.25. The van der Waals surface area contributed by atoms with E-state index in [0.717, 1.165) is 6.42 Å². The Morgan fingerprint density at radius 1 is 0.952 bits per heavy atom. The molecular weight excluding hydrogens is 260 g/mol. The Kier molecular flexibility index (Phi) is 15.0. The van der Waals surface area contributed by atoms with Gasteiger partial charge in [0.25, 0.3) is 0 Å². The Bertz CT molecular complexity index is 248. The molecule has 124 valence electrons. The van der Waals surface area contributed by atoms with E-state index in [1.54, 1.807) is 6.08 Å². The summed E-state index contributed by atoms with van der Waals surface area (Å²) in [5.74, 6) is -0.128. The molecule has 0 aromatic carbocycles. The minimum absolute atomic E-state index is 0.0461. The average Bonchev–Trinajstić information content (AvgIpc) is 2.48. The van der Waals surface area contributed by atoms with Crippen molar-refractivity contribution in [1.29, 1.82) is 0 Å². The first-order chi connectivity index (χ1) is 10.2. The third-order valence-electron chi connectivity index (χ3n) is 3.91. The second-order valence-electron chi connectivity index (χ2n) is 6.13. The van der Waals surface area contributed by atoms with Gasteiger partial charge in [0.2, 0.25) is 0 Å². The highest BCUT2D eigenvalue weighted by Gasteiger charge is 2.11. The molecular formula is C19H36O2. The highest BCUT2D eigenvalue weighted by molar-refractivity contribution is 5.72. The van der Waals surface area contributed by atoms with Crippen molar-refractivity contribution < 1.29 is 9.53 Å². The average molecular weight is 296 g/mol. The lowest BCUT2D eigenvalue weighted by Crippen LogP contribution is -2.14. The quantitative estimate of drug-likeness (QED) is 0.209.